The lowest BCUT2D eigenvalue weighted by molar-refractivity contribution is -0.127. The van der Waals surface area contributed by atoms with Gasteiger partial charge in [0.25, 0.3) is 0 Å². The van der Waals surface area contributed by atoms with Crippen molar-refractivity contribution in [3.63, 3.8) is 0 Å². The first-order valence-corrected chi connectivity index (χ1v) is 5.51. The lowest BCUT2D eigenvalue weighted by Gasteiger charge is -2.45. The molecule has 0 spiro atoms. The number of carbonyl (C=O) groups excluding carboxylic acids is 1. The molecule has 15 heavy (non-hydrogen) atoms. The highest BCUT2D eigenvalue weighted by Gasteiger charge is 2.47. The third-order valence-corrected chi connectivity index (χ3v) is 3.98. The summed E-state index contributed by atoms with van der Waals surface area (Å²) in [4.78, 5) is 11.9. The second kappa shape index (κ2) is 3.31. The summed E-state index contributed by atoms with van der Waals surface area (Å²) in [5, 5.41) is 10.2. The number of rotatable bonds is 0. The van der Waals surface area contributed by atoms with E-state index in [0.29, 0.717) is 0 Å². The van der Waals surface area contributed by atoms with Crippen LogP contribution in [0.1, 0.15) is 33.6 Å². The molecule has 3 atom stereocenters. The van der Waals surface area contributed by atoms with Gasteiger partial charge in [-0.15, -0.1) is 0 Å². The van der Waals surface area contributed by atoms with E-state index in [1.807, 2.05) is 13.8 Å². The summed E-state index contributed by atoms with van der Waals surface area (Å²) in [6, 6.07) is 0. The number of ketones is 1. The van der Waals surface area contributed by atoms with Crippen molar-refractivity contribution in [3.05, 3.63) is 23.3 Å². The Hall–Kier alpha value is -0.890. The molecule has 0 bridgehead atoms. The van der Waals surface area contributed by atoms with E-state index in [4.69, 9.17) is 0 Å². The Labute approximate surface area is 90.7 Å². The molecule has 2 aliphatic rings. The van der Waals surface area contributed by atoms with Crippen molar-refractivity contribution in [1.82, 2.24) is 0 Å². The predicted molar refractivity (Wildman–Crippen MR) is 59.4 cm³/mol. The van der Waals surface area contributed by atoms with Crippen LogP contribution in [0.3, 0.4) is 0 Å². The van der Waals surface area contributed by atoms with Crippen molar-refractivity contribution in [1.29, 1.82) is 0 Å². The van der Waals surface area contributed by atoms with Crippen LogP contribution >= 0.6 is 0 Å². The second-order valence-corrected chi connectivity index (χ2v) is 5.21. The zero-order valence-electron chi connectivity index (χ0n) is 9.58. The second-order valence-electron chi connectivity index (χ2n) is 5.21. The smallest absolute Gasteiger partial charge is 0.159 e. The molecule has 2 aliphatic carbocycles. The molecule has 0 saturated carbocycles. The average Bonchev–Trinajstić information content (AvgIpc) is 2.18. The first-order valence-electron chi connectivity index (χ1n) is 5.51. The van der Waals surface area contributed by atoms with Gasteiger partial charge in [0.1, 0.15) is 0 Å². The standard InChI is InChI=1S/C13H18O2/c1-8-4-5-13(3)10(6-8)11(14)7-9(2)12(13)15/h4,7,10,12,15H,5-6H2,1-3H3/t10-,12+,13-/m0/s1. The van der Waals surface area contributed by atoms with Crippen molar-refractivity contribution in [2.45, 2.75) is 39.7 Å². The minimum absolute atomic E-state index is 0.0267. The van der Waals surface area contributed by atoms with Crippen LogP contribution in [-0.4, -0.2) is 17.0 Å². The third kappa shape index (κ3) is 1.48. The van der Waals surface area contributed by atoms with Gasteiger partial charge in [0, 0.05) is 11.3 Å². The van der Waals surface area contributed by atoms with Gasteiger partial charge in [-0.1, -0.05) is 18.6 Å². The molecule has 82 valence electrons. The van der Waals surface area contributed by atoms with Crippen LogP contribution in [-0.2, 0) is 4.79 Å². The molecule has 2 rings (SSSR count). The van der Waals surface area contributed by atoms with E-state index >= 15 is 0 Å². The highest BCUT2D eigenvalue weighted by Crippen LogP contribution is 2.47. The Bertz CT molecular complexity index is 365. The minimum atomic E-state index is -0.468. The fourth-order valence-electron chi connectivity index (χ4n) is 2.83. The average molecular weight is 206 g/mol. The van der Waals surface area contributed by atoms with E-state index in [1.54, 1.807) is 6.08 Å². The normalized spacial score (nSPS) is 40.7. The molecule has 0 radical (unpaired) electrons. The Balaban J connectivity index is 2.44. The summed E-state index contributed by atoms with van der Waals surface area (Å²) in [5.74, 6) is 0.161. The number of hydrogen-bond acceptors (Lipinski definition) is 2. The van der Waals surface area contributed by atoms with Crippen LogP contribution in [0.4, 0.5) is 0 Å². The number of aliphatic hydroxyl groups excluding tert-OH is 1. The van der Waals surface area contributed by atoms with Gasteiger partial charge >= 0.3 is 0 Å². The van der Waals surface area contributed by atoms with Crippen LogP contribution < -0.4 is 0 Å². The molecule has 1 N–H and O–H groups in total. The highest BCUT2D eigenvalue weighted by atomic mass is 16.3. The zero-order valence-corrected chi connectivity index (χ0v) is 9.58. The number of carbonyl (C=O) groups is 1. The Kier molecular flexibility index (Phi) is 2.34. The van der Waals surface area contributed by atoms with Crippen molar-refractivity contribution in [2.24, 2.45) is 11.3 Å². The highest BCUT2D eigenvalue weighted by molar-refractivity contribution is 5.94. The van der Waals surface area contributed by atoms with Gasteiger partial charge in [-0.3, -0.25) is 4.79 Å². The summed E-state index contributed by atoms with van der Waals surface area (Å²) in [6.07, 6.45) is 4.92. The number of fused-ring (bicyclic) bond motifs is 1. The summed E-state index contributed by atoms with van der Waals surface area (Å²) in [6.45, 7) is 5.93. The molecule has 2 heteroatoms. The van der Waals surface area contributed by atoms with E-state index in [9.17, 15) is 9.90 Å². The molecule has 0 aromatic heterocycles. The molecule has 0 aromatic carbocycles. The lowest BCUT2D eigenvalue weighted by atomic mass is 9.60. The summed E-state index contributed by atoms with van der Waals surface area (Å²) in [5.41, 5.74) is 1.80. The Morgan fingerprint density at radius 1 is 1.47 bits per heavy atom. The zero-order chi connectivity index (χ0) is 11.2. The van der Waals surface area contributed by atoms with Gasteiger partial charge in [0.05, 0.1) is 6.10 Å². The van der Waals surface area contributed by atoms with E-state index in [1.165, 1.54) is 5.57 Å². The maximum absolute atomic E-state index is 11.9. The lowest BCUT2D eigenvalue weighted by Crippen LogP contribution is -2.47. The largest absolute Gasteiger partial charge is 0.388 e. The van der Waals surface area contributed by atoms with Gasteiger partial charge in [0.15, 0.2) is 5.78 Å². The molecule has 0 fully saturated rings. The molecule has 0 saturated heterocycles. The maximum Gasteiger partial charge on any atom is 0.159 e. The SMILES string of the molecule is CC1=CC[C@]2(C)[C@H](O)C(C)=CC(=O)[C@@H]2C1. The fraction of sp³-hybridized carbons (Fsp3) is 0.615. The van der Waals surface area contributed by atoms with Crippen LogP contribution in [0.25, 0.3) is 0 Å². The van der Waals surface area contributed by atoms with Gasteiger partial charge in [-0.25, -0.2) is 0 Å². The molecule has 0 aliphatic heterocycles. The predicted octanol–water partition coefficient (Wildman–Crippen LogP) is 2.24. The Morgan fingerprint density at radius 3 is 2.80 bits per heavy atom. The molecule has 0 heterocycles. The summed E-state index contributed by atoms with van der Waals surface area (Å²) in [7, 11) is 0. The topological polar surface area (TPSA) is 37.3 Å². The summed E-state index contributed by atoms with van der Waals surface area (Å²) >= 11 is 0. The number of aliphatic hydroxyl groups is 1. The van der Waals surface area contributed by atoms with Gasteiger partial charge in [0.2, 0.25) is 0 Å². The maximum atomic E-state index is 11.9. The van der Waals surface area contributed by atoms with E-state index in [0.717, 1.165) is 18.4 Å². The quantitative estimate of drug-likeness (QED) is 0.617. The van der Waals surface area contributed by atoms with Gasteiger partial charge in [-0.2, -0.15) is 0 Å². The molecule has 0 unspecified atom stereocenters. The first-order chi connectivity index (χ1) is 6.95. The van der Waals surface area contributed by atoms with Gasteiger partial charge in [-0.05, 0) is 38.3 Å². The number of allylic oxidation sites excluding steroid dienone is 3. The monoisotopic (exact) mass is 206 g/mol. The van der Waals surface area contributed by atoms with Crippen LogP contribution in [0.5, 0.6) is 0 Å². The molecule has 0 aromatic rings. The Morgan fingerprint density at radius 2 is 2.13 bits per heavy atom. The van der Waals surface area contributed by atoms with Gasteiger partial charge < -0.3 is 5.11 Å². The van der Waals surface area contributed by atoms with Crippen LogP contribution in [0, 0.1) is 11.3 Å². The first kappa shape index (κ1) is 10.6. The fourth-order valence-corrected chi connectivity index (χ4v) is 2.83. The van der Waals surface area contributed by atoms with Crippen molar-refractivity contribution < 1.29 is 9.90 Å². The van der Waals surface area contributed by atoms with Crippen LogP contribution in [0.2, 0.25) is 0 Å². The number of hydrogen-bond donors (Lipinski definition) is 1. The van der Waals surface area contributed by atoms with E-state index in [-0.39, 0.29) is 17.1 Å². The van der Waals surface area contributed by atoms with Crippen molar-refractivity contribution >= 4 is 5.78 Å². The minimum Gasteiger partial charge on any atom is -0.388 e. The summed E-state index contributed by atoms with van der Waals surface area (Å²) < 4.78 is 0. The van der Waals surface area contributed by atoms with Crippen molar-refractivity contribution in [3.8, 4) is 0 Å². The van der Waals surface area contributed by atoms with E-state index < -0.39 is 6.10 Å². The molecular formula is C13H18O2. The van der Waals surface area contributed by atoms with Crippen molar-refractivity contribution in [2.75, 3.05) is 0 Å². The molecule has 2 nitrogen and oxygen atoms in total. The molecule has 0 amide bonds. The molecular weight excluding hydrogens is 188 g/mol. The van der Waals surface area contributed by atoms with E-state index in [2.05, 4.69) is 13.0 Å². The third-order valence-electron chi connectivity index (χ3n) is 3.98. The van der Waals surface area contributed by atoms with Crippen LogP contribution in [0.15, 0.2) is 23.3 Å².